The Hall–Kier alpha value is -2.69. The Kier molecular flexibility index (Phi) is 5.12. The summed E-state index contributed by atoms with van der Waals surface area (Å²) in [6.07, 6.45) is 4.92. The van der Waals surface area contributed by atoms with E-state index < -0.39 is 6.10 Å². The van der Waals surface area contributed by atoms with Crippen LogP contribution in [0.1, 0.15) is 42.6 Å². The summed E-state index contributed by atoms with van der Waals surface area (Å²) in [6.45, 7) is 3.83. The molecule has 1 unspecified atom stereocenters. The van der Waals surface area contributed by atoms with Gasteiger partial charge in [-0.2, -0.15) is 0 Å². The first-order valence-electron chi connectivity index (χ1n) is 8.51. The Bertz CT molecular complexity index is 757. The fourth-order valence-electron chi connectivity index (χ4n) is 2.73. The zero-order chi connectivity index (χ0) is 17.8. The molecular formula is C20H22N2O3. The zero-order valence-corrected chi connectivity index (χ0v) is 14.5. The summed E-state index contributed by atoms with van der Waals surface area (Å²) in [4.78, 5) is 30.3. The Morgan fingerprint density at radius 1 is 1.24 bits per heavy atom. The number of ether oxygens (including phenoxy) is 1. The molecule has 2 aromatic rings. The first kappa shape index (κ1) is 17.1. The Labute approximate surface area is 147 Å². The zero-order valence-electron chi connectivity index (χ0n) is 14.5. The number of hydrogen-bond acceptors (Lipinski definition) is 4. The molecule has 1 aromatic carbocycles. The molecule has 0 spiro atoms. The van der Waals surface area contributed by atoms with Crippen molar-refractivity contribution in [3.8, 4) is 5.75 Å². The predicted molar refractivity (Wildman–Crippen MR) is 94.3 cm³/mol. The lowest BCUT2D eigenvalue weighted by molar-refractivity contribution is -0.139. The number of carbonyl (C=O) groups excluding carboxylic acids is 2. The molecule has 1 aliphatic carbocycles. The summed E-state index contributed by atoms with van der Waals surface area (Å²) in [5.41, 5.74) is 1.63. The van der Waals surface area contributed by atoms with E-state index in [0.29, 0.717) is 17.9 Å². The number of ketones is 1. The van der Waals surface area contributed by atoms with Crippen LogP contribution in [-0.2, 0) is 11.3 Å². The van der Waals surface area contributed by atoms with Crippen molar-refractivity contribution in [3.63, 3.8) is 0 Å². The van der Waals surface area contributed by atoms with Crippen molar-refractivity contribution < 1.29 is 14.3 Å². The van der Waals surface area contributed by atoms with Gasteiger partial charge in [0.1, 0.15) is 5.75 Å². The molecule has 1 fully saturated rings. The van der Waals surface area contributed by atoms with Gasteiger partial charge in [0, 0.05) is 30.5 Å². The van der Waals surface area contributed by atoms with E-state index in [1.54, 1.807) is 43.6 Å². The summed E-state index contributed by atoms with van der Waals surface area (Å²) in [5.74, 6) is 0.475. The van der Waals surface area contributed by atoms with Crippen LogP contribution in [0.25, 0.3) is 0 Å². The highest BCUT2D eigenvalue weighted by Crippen LogP contribution is 2.29. The molecule has 5 nitrogen and oxygen atoms in total. The second kappa shape index (κ2) is 7.47. The number of amides is 1. The van der Waals surface area contributed by atoms with Crippen LogP contribution in [0.3, 0.4) is 0 Å². The van der Waals surface area contributed by atoms with Crippen LogP contribution < -0.4 is 4.74 Å². The minimum absolute atomic E-state index is 0.0262. The van der Waals surface area contributed by atoms with Crippen molar-refractivity contribution in [3.05, 3.63) is 59.9 Å². The molecule has 0 bridgehead atoms. The van der Waals surface area contributed by atoms with E-state index in [4.69, 9.17) is 4.74 Å². The van der Waals surface area contributed by atoms with E-state index in [0.717, 1.165) is 18.4 Å². The molecular weight excluding hydrogens is 316 g/mol. The Morgan fingerprint density at radius 2 is 1.96 bits per heavy atom. The third-order valence-electron chi connectivity index (χ3n) is 4.27. The van der Waals surface area contributed by atoms with Crippen LogP contribution in [0, 0.1) is 0 Å². The lowest BCUT2D eigenvalue weighted by atomic mass is 10.1. The number of benzene rings is 1. The minimum atomic E-state index is -0.607. The van der Waals surface area contributed by atoms with E-state index in [1.165, 1.54) is 6.92 Å². The van der Waals surface area contributed by atoms with Gasteiger partial charge in [-0.05, 0) is 56.5 Å². The molecule has 1 aromatic heterocycles. The molecule has 1 aliphatic rings. The molecule has 1 saturated carbocycles. The topological polar surface area (TPSA) is 59.5 Å². The quantitative estimate of drug-likeness (QED) is 0.727. The molecule has 0 N–H and O–H groups in total. The first-order valence-corrected chi connectivity index (χ1v) is 8.51. The second-order valence-electron chi connectivity index (χ2n) is 6.40. The van der Waals surface area contributed by atoms with E-state index in [1.807, 2.05) is 17.0 Å². The summed E-state index contributed by atoms with van der Waals surface area (Å²) < 4.78 is 5.81. The van der Waals surface area contributed by atoms with Gasteiger partial charge >= 0.3 is 0 Å². The number of aromatic nitrogens is 1. The largest absolute Gasteiger partial charge is 0.481 e. The maximum atomic E-state index is 12.9. The molecule has 0 saturated heterocycles. The highest BCUT2D eigenvalue weighted by Gasteiger charge is 2.35. The summed E-state index contributed by atoms with van der Waals surface area (Å²) in [7, 11) is 0. The van der Waals surface area contributed by atoms with Crippen LogP contribution in [0.2, 0.25) is 0 Å². The molecule has 5 heteroatoms. The fourth-order valence-corrected chi connectivity index (χ4v) is 2.73. The third kappa shape index (κ3) is 4.44. The van der Waals surface area contributed by atoms with Crippen LogP contribution >= 0.6 is 0 Å². The number of pyridine rings is 1. The van der Waals surface area contributed by atoms with Gasteiger partial charge in [0.25, 0.3) is 5.91 Å². The van der Waals surface area contributed by atoms with Gasteiger partial charge in [-0.3, -0.25) is 14.6 Å². The third-order valence-corrected chi connectivity index (χ3v) is 4.27. The van der Waals surface area contributed by atoms with Gasteiger partial charge in [-0.15, -0.1) is 0 Å². The molecule has 1 heterocycles. The van der Waals surface area contributed by atoms with Crippen molar-refractivity contribution in [2.24, 2.45) is 0 Å². The van der Waals surface area contributed by atoms with Crippen LogP contribution in [0.5, 0.6) is 5.75 Å². The molecule has 0 radical (unpaired) electrons. The molecule has 1 atom stereocenters. The second-order valence-corrected chi connectivity index (χ2v) is 6.40. The maximum Gasteiger partial charge on any atom is 0.263 e. The average Bonchev–Trinajstić information content (AvgIpc) is 3.45. The van der Waals surface area contributed by atoms with Gasteiger partial charge in [-0.1, -0.05) is 12.1 Å². The smallest absolute Gasteiger partial charge is 0.263 e. The van der Waals surface area contributed by atoms with E-state index in [9.17, 15) is 9.59 Å². The van der Waals surface area contributed by atoms with Gasteiger partial charge in [0.15, 0.2) is 11.9 Å². The number of carbonyl (C=O) groups is 2. The number of hydrogen-bond donors (Lipinski definition) is 0. The lowest BCUT2D eigenvalue weighted by Crippen LogP contribution is -2.41. The standard InChI is InChI=1S/C20H22N2O3/c1-14(23)17-4-3-5-19(12-17)25-15(2)20(24)22(18-6-7-18)13-16-8-10-21-11-9-16/h3-5,8-12,15,18H,6-7,13H2,1-2H3. The maximum absolute atomic E-state index is 12.9. The minimum Gasteiger partial charge on any atom is -0.481 e. The van der Waals surface area contributed by atoms with E-state index >= 15 is 0 Å². The van der Waals surface area contributed by atoms with Crippen molar-refractivity contribution in [1.82, 2.24) is 9.88 Å². The van der Waals surface area contributed by atoms with E-state index in [-0.39, 0.29) is 17.7 Å². The summed E-state index contributed by atoms with van der Waals surface area (Å²) >= 11 is 0. The number of nitrogens with zero attached hydrogens (tertiary/aromatic N) is 2. The highest BCUT2D eigenvalue weighted by atomic mass is 16.5. The first-order chi connectivity index (χ1) is 12.0. The Balaban J connectivity index is 1.69. The van der Waals surface area contributed by atoms with Gasteiger partial charge < -0.3 is 9.64 Å². The van der Waals surface area contributed by atoms with Gasteiger partial charge in [0.2, 0.25) is 0 Å². The molecule has 0 aliphatic heterocycles. The molecule has 3 rings (SSSR count). The summed E-state index contributed by atoms with van der Waals surface area (Å²) in [5, 5.41) is 0. The van der Waals surface area contributed by atoms with Crippen molar-refractivity contribution in [2.75, 3.05) is 0 Å². The summed E-state index contributed by atoms with van der Waals surface area (Å²) in [6, 6.07) is 11.1. The van der Waals surface area contributed by atoms with E-state index in [2.05, 4.69) is 4.98 Å². The fraction of sp³-hybridized carbons (Fsp3) is 0.350. The monoisotopic (exact) mass is 338 g/mol. The normalized spacial score (nSPS) is 14.6. The number of rotatable bonds is 7. The van der Waals surface area contributed by atoms with Crippen LogP contribution in [0.15, 0.2) is 48.8 Å². The SMILES string of the molecule is CC(=O)c1cccc(OC(C)C(=O)N(Cc2ccncc2)C2CC2)c1. The van der Waals surface area contributed by atoms with Crippen molar-refractivity contribution in [1.29, 1.82) is 0 Å². The highest BCUT2D eigenvalue weighted by molar-refractivity contribution is 5.94. The average molecular weight is 338 g/mol. The Morgan fingerprint density at radius 3 is 2.60 bits per heavy atom. The van der Waals surface area contributed by atoms with Crippen LogP contribution in [-0.4, -0.2) is 33.7 Å². The van der Waals surface area contributed by atoms with Gasteiger partial charge in [-0.25, -0.2) is 0 Å². The number of Topliss-reactive ketones (excluding diaryl/α,β-unsaturated/α-hetero) is 1. The molecule has 130 valence electrons. The molecule has 25 heavy (non-hydrogen) atoms. The lowest BCUT2D eigenvalue weighted by Gasteiger charge is -2.26. The van der Waals surface area contributed by atoms with Crippen LogP contribution in [0.4, 0.5) is 0 Å². The van der Waals surface area contributed by atoms with Crippen molar-refractivity contribution >= 4 is 11.7 Å². The van der Waals surface area contributed by atoms with Crippen molar-refractivity contribution in [2.45, 2.75) is 45.4 Å². The van der Waals surface area contributed by atoms with Gasteiger partial charge in [0.05, 0.1) is 0 Å². The predicted octanol–water partition coefficient (Wildman–Crippen LogP) is 3.24. The molecule has 1 amide bonds.